The zero-order valence-electron chi connectivity index (χ0n) is 19.5. The molecule has 0 heterocycles. The molecule has 0 aliphatic rings. The predicted octanol–water partition coefficient (Wildman–Crippen LogP) is 4.07. The molecule has 1 atom stereocenters. The SMILES string of the molecule is CNC(=O)[C@H](C)N(Cc1ccc(Cl)cc1)C(=O)CCCN(c1cccc(C(F)(F)F)c1)S(C)(=O)=O. The van der Waals surface area contributed by atoms with Crippen LogP contribution in [0.15, 0.2) is 48.5 Å². The van der Waals surface area contributed by atoms with Crippen molar-refractivity contribution in [1.82, 2.24) is 10.2 Å². The molecule has 0 radical (unpaired) electrons. The third-order valence-corrected chi connectivity index (χ3v) is 6.74. The zero-order chi connectivity index (χ0) is 26.4. The summed E-state index contributed by atoms with van der Waals surface area (Å²) in [5.41, 5.74) is -0.389. The smallest absolute Gasteiger partial charge is 0.357 e. The molecule has 192 valence electrons. The Kier molecular flexibility index (Phi) is 9.56. The minimum Gasteiger partial charge on any atom is -0.357 e. The maximum Gasteiger partial charge on any atom is 0.416 e. The van der Waals surface area contributed by atoms with Crippen molar-refractivity contribution in [3.8, 4) is 0 Å². The van der Waals surface area contributed by atoms with Gasteiger partial charge in [-0.2, -0.15) is 13.2 Å². The molecule has 0 aromatic heterocycles. The lowest BCUT2D eigenvalue weighted by atomic mass is 10.1. The molecule has 12 heteroatoms. The van der Waals surface area contributed by atoms with E-state index in [4.69, 9.17) is 11.6 Å². The van der Waals surface area contributed by atoms with Gasteiger partial charge in [0.15, 0.2) is 0 Å². The highest BCUT2D eigenvalue weighted by molar-refractivity contribution is 7.92. The second-order valence-electron chi connectivity index (χ2n) is 7.93. The first-order valence-corrected chi connectivity index (χ1v) is 12.9. The quantitative estimate of drug-likeness (QED) is 0.499. The lowest BCUT2D eigenvalue weighted by Crippen LogP contribution is -2.46. The second kappa shape index (κ2) is 11.8. The van der Waals surface area contributed by atoms with Crippen molar-refractivity contribution >= 4 is 39.1 Å². The molecular weight excluding hydrogens is 507 g/mol. The largest absolute Gasteiger partial charge is 0.416 e. The molecule has 2 aromatic rings. The summed E-state index contributed by atoms with van der Waals surface area (Å²) in [5.74, 6) is -0.789. The summed E-state index contributed by atoms with van der Waals surface area (Å²) in [4.78, 5) is 26.6. The molecule has 0 aliphatic carbocycles. The highest BCUT2D eigenvalue weighted by Gasteiger charge is 2.32. The Labute approximate surface area is 207 Å². The Bertz CT molecular complexity index is 1140. The van der Waals surface area contributed by atoms with Crippen LogP contribution in [-0.4, -0.2) is 51.0 Å². The normalized spacial score (nSPS) is 12.7. The van der Waals surface area contributed by atoms with Gasteiger partial charge >= 0.3 is 6.18 Å². The van der Waals surface area contributed by atoms with E-state index in [2.05, 4.69) is 5.32 Å². The van der Waals surface area contributed by atoms with Crippen LogP contribution in [0, 0.1) is 0 Å². The summed E-state index contributed by atoms with van der Waals surface area (Å²) >= 11 is 5.91. The molecule has 0 unspecified atom stereocenters. The molecule has 0 spiro atoms. The van der Waals surface area contributed by atoms with Gasteiger partial charge in [0.25, 0.3) is 0 Å². The summed E-state index contributed by atoms with van der Waals surface area (Å²) in [7, 11) is -2.47. The van der Waals surface area contributed by atoms with Crippen molar-refractivity contribution in [2.45, 2.75) is 38.5 Å². The number of nitrogens with one attached hydrogen (secondary N) is 1. The number of sulfonamides is 1. The van der Waals surface area contributed by atoms with E-state index in [9.17, 15) is 31.2 Å². The van der Waals surface area contributed by atoms with Gasteiger partial charge in [-0.15, -0.1) is 0 Å². The number of halogens is 4. The number of likely N-dealkylation sites (N-methyl/N-ethyl adjacent to an activating group) is 1. The fourth-order valence-corrected chi connectivity index (χ4v) is 4.50. The summed E-state index contributed by atoms with van der Waals surface area (Å²) in [6, 6.07) is 9.94. The Hall–Kier alpha value is -2.79. The number of alkyl halides is 3. The van der Waals surface area contributed by atoms with Gasteiger partial charge in [0.05, 0.1) is 17.5 Å². The van der Waals surface area contributed by atoms with Gasteiger partial charge in [-0.3, -0.25) is 13.9 Å². The monoisotopic (exact) mass is 533 g/mol. The van der Waals surface area contributed by atoms with Crippen LogP contribution in [-0.2, 0) is 32.3 Å². The van der Waals surface area contributed by atoms with Gasteiger partial charge in [-0.05, 0) is 49.2 Å². The number of carbonyl (C=O) groups excluding carboxylic acids is 2. The first-order chi connectivity index (χ1) is 16.2. The fourth-order valence-electron chi connectivity index (χ4n) is 3.42. The molecule has 2 rings (SSSR count). The van der Waals surface area contributed by atoms with E-state index in [0.29, 0.717) is 5.02 Å². The predicted molar refractivity (Wildman–Crippen MR) is 128 cm³/mol. The van der Waals surface area contributed by atoms with E-state index >= 15 is 0 Å². The van der Waals surface area contributed by atoms with E-state index in [-0.39, 0.29) is 37.5 Å². The van der Waals surface area contributed by atoms with E-state index in [0.717, 1.165) is 34.3 Å². The van der Waals surface area contributed by atoms with E-state index in [1.165, 1.54) is 18.0 Å². The number of amides is 2. The first kappa shape index (κ1) is 28.4. The van der Waals surface area contributed by atoms with Crippen molar-refractivity contribution in [3.63, 3.8) is 0 Å². The average Bonchev–Trinajstić information content (AvgIpc) is 2.79. The Morgan fingerprint density at radius 1 is 1.11 bits per heavy atom. The lowest BCUT2D eigenvalue weighted by molar-refractivity contribution is -0.140. The summed E-state index contributed by atoms with van der Waals surface area (Å²) in [6.07, 6.45) is -3.84. The van der Waals surface area contributed by atoms with Gasteiger partial charge < -0.3 is 10.2 Å². The van der Waals surface area contributed by atoms with Gasteiger partial charge in [-0.25, -0.2) is 8.42 Å². The standard InChI is InChI=1S/C23H27ClF3N3O4S/c1-16(22(32)28-2)29(15-17-9-11-19(24)12-10-17)21(31)8-5-13-30(35(3,33)34)20-7-4-6-18(14-20)23(25,26)27/h4,6-7,9-12,14,16H,5,8,13,15H2,1-3H3,(H,28,32)/t16-/m0/s1. The molecule has 0 bridgehead atoms. The van der Waals surface area contributed by atoms with Crippen molar-refractivity contribution in [3.05, 3.63) is 64.7 Å². The molecule has 7 nitrogen and oxygen atoms in total. The molecule has 35 heavy (non-hydrogen) atoms. The molecule has 1 N–H and O–H groups in total. The highest BCUT2D eigenvalue weighted by atomic mass is 35.5. The number of rotatable bonds is 10. The third kappa shape index (κ3) is 8.14. The van der Waals surface area contributed by atoms with E-state index in [1.54, 1.807) is 31.2 Å². The summed E-state index contributed by atoms with van der Waals surface area (Å²) in [5, 5.41) is 3.01. The van der Waals surface area contributed by atoms with Crippen LogP contribution >= 0.6 is 11.6 Å². The molecule has 2 aromatic carbocycles. The number of nitrogens with zero attached hydrogens (tertiary/aromatic N) is 2. The topological polar surface area (TPSA) is 86.8 Å². The lowest BCUT2D eigenvalue weighted by Gasteiger charge is -2.29. The molecule has 0 saturated heterocycles. The van der Waals surface area contributed by atoms with Crippen molar-refractivity contribution in [2.24, 2.45) is 0 Å². The maximum atomic E-state index is 13.1. The van der Waals surface area contributed by atoms with Crippen molar-refractivity contribution in [1.29, 1.82) is 0 Å². The van der Waals surface area contributed by atoms with Gasteiger partial charge in [0.1, 0.15) is 6.04 Å². The highest BCUT2D eigenvalue weighted by Crippen LogP contribution is 2.32. The van der Waals surface area contributed by atoms with Crippen LogP contribution in [0.25, 0.3) is 0 Å². The van der Waals surface area contributed by atoms with E-state index in [1.807, 2.05) is 0 Å². The maximum absolute atomic E-state index is 13.1. The average molecular weight is 534 g/mol. The number of hydrogen-bond donors (Lipinski definition) is 1. The van der Waals surface area contributed by atoms with Crippen LogP contribution in [0.2, 0.25) is 5.02 Å². The zero-order valence-corrected chi connectivity index (χ0v) is 21.0. The van der Waals surface area contributed by atoms with Gasteiger partial charge in [-0.1, -0.05) is 29.8 Å². The van der Waals surface area contributed by atoms with Crippen molar-refractivity contribution < 1.29 is 31.2 Å². The molecule has 2 amide bonds. The Balaban J connectivity index is 2.18. The van der Waals surface area contributed by atoms with Crippen LogP contribution < -0.4 is 9.62 Å². The van der Waals surface area contributed by atoms with Crippen LogP contribution in [0.5, 0.6) is 0 Å². The summed E-state index contributed by atoms with van der Waals surface area (Å²) < 4.78 is 64.7. The van der Waals surface area contributed by atoms with Gasteiger partial charge in [0, 0.05) is 31.6 Å². The van der Waals surface area contributed by atoms with Crippen LogP contribution in [0.3, 0.4) is 0 Å². The number of carbonyl (C=O) groups is 2. The van der Waals surface area contributed by atoms with Crippen LogP contribution in [0.1, 0.15) is 30.9 Å². The second-order valence-corrected chi connectivity index (χ2v) is 10.3. The molecular formula is C23H27ClF3N3O4S. The van der Waals surface area contributed by atoms with E-state index < -0.39 is 33.7 Å². The number of benzene rings is 2. The van der Waals surface area contributed by atoms with Gasteiger partial charge in [0.2, 0.25) is 21.8 Å². The number of hydrogen-bond acceptors (Lipinski definition) is 4. The van der Waals surface area contributed by atoms with Crippen molar-refractivity contribution in [2.75, 3.05) is 24.2 Å². The first-order valence-electron chi connectivity index (χ1n) is 10.6. The molecule has 0 fully saturated rings. The Morgan fingerprint density at radius 2 is 1.74 bits per heavy atom. The minimum absolute atomic E-state index is 0.0275. The number of anilines is 1. The fraction of sp³-hybridized carbons (Fsp3) is 0.391. The third-order valence-electron chi connectivity index (χ3n) is 5.29. The molecule has 0 saturated carbocycles. The Morgan fingerprint density at radius 3 is 2.29 bits per heavy atom. The minimum atomic E-state index is -4.63. The van der Waals surface area contributed by atoms with Crippen LogP contribution in [0.4, 0.5) is 18.9 Å². The summed E-state index contributed by atoms with van der Waals surface area (Å²) in [6.45, 7) is 1.47. The molecule has 0 aliphatic heterocycles.